The van der Waals surface area contributed by atoms with Gasteiger partial charge in [-0.05, 0) is 58.9 Å². The molecule has 1 aromatic heterocycles. The molecule has 1 aliphatic carbocycles. The van der Waals surface area contributed by atoms with Crippen molar-refractivity contribution in [2.45, 2.75) is 99.2 Å². The van der Waals surface area contributed by atoms with Gasteiger partial charge in [-0.2, -0.15) is 0 Å². The summed E-state index contributed by atoms with van der Waals surface area (Å²) >= 11 is 0. The maximum absolute atomic E-state index is 10.0. The van der Waals surface area contributed by atoms with Crippen molar-refractivity contribution < 1.29 is 30.3 Å². The first-order chi connectivity index (χ1) is 17.3. The number of rotatable bonds is 7. The Morgan fingerprint density at radius 3 is 2.03 bits per heavy atom. The fraction of sp³-hybridized carbons (Fsp3) is 0.500. The van der Waals surface area contributed by atoms with Crippen LogP contribution in [0.4, 0.5) is 0 Å². The van der Waals surface area contributed by atoms with Gasteiger partial charge in [-0.1, -0.05) is 96.8 Å². The number of nitrogens with zero attached hydrogens (tertiary/aromatic N) is 1. The van der Waals surface area contributed by atoms with Gasteiger partial charge in [0, 0.05) is 32.7 Å². The maximum atomic E-state index is 10.0. The van der Waals surface area contributed by atoms with E-state index in [1.54, 1.807) is 0 Å². The second kappa shape index (κ2) is 12.6. The Kier molecular flexibility index (Phi) is 10.7. The van der Waals surface area contributed by atoms with Crippen LogP contribution in [0.1, 0.15) is 91.3 Å². The molecule has 4 heteroatoms. The molecule has 2 atom stereocenters. The summed E-state index contributed by atoms with van der Waals surface area (Å²) in [6, 6.07) is 20.5. The second-order valence-corrected chi connectivity index (χ2v) is 12.5. The Labute approximate surface area is 244 Å². The van der Waals surface area contributed by atoms with Gasteiger partial charge >= 0.3 is 0 Å². The summed E-state index contributed by atoms with van der Waals surface area (Å²) in [5, 5.41) is 20.1. The second-order valence-electron chi connectivity index (χ2n) is 12.5. The van der Waals surface area contributed by atoms with Crippen LogP contribution < -0.4 is 0 Å². The number of fused-ring (bicyclic) bond motifs is 3. The zero-order valence-corrected chi connectivity index (χ0v) is 27.0. The molecule has 0 saturated carbocycles. The summed E-state index contributed by atoms with van der Waals surface area (Å²) in [6.07, 6.45) is 3.35. The molecule has 0 saturated heterocycles. The number of hydrogen-bond donors (Lipinski definition) is 2. The van der Waals surface area contributed by atoms with E-state index in [0.29, 0.717) is 6.42 Å². The summed E-state index contributed by atoms with van der Waals surface area (Å²) in [5.74, 6) is 0. The van der Waals surface area contributed by atoms with E-state index in [1.165, 1.54) is 27.8 Å². The number of benzene rings is 2. The fourth-order valence-electron chi connectivity index (χ4n) is 4.97. The van der Waals surface area contributed by atoms with Gasteiger partial charge in [0.1, 0.15) is 0 Å². The van der Waals surface area contributed by atoms with Gasteiger partial charge in [-0.25, -0.2) is 0 Å². The minimum atomic E-state index is -0.427. The molecule has 2 aromatic carbocycles. The Balaban J connectivity index is 0.000000282. The Morgan fingerprint density at radius 2 is 1.47 bits per heavy atom. The fourth-order valence-corrected chi connectivity index (χ4v) is 4.97. The van der Waals surface area contributed by atoms with Crippen LogP contribution in [-0.4, -0.2) is 27.4 Å². The van der Waals surface area contributed by atoms with Crippen LogP contribution in [0.15, 0.2) is 54.7 Å². The Morgan fingerprint density at radius 1 is 0.895 bits per heavy atom. The summed E-state index contributed by atoms with van der Waals surface area (Å²) in [7, 11) is 0. The molecule has 2 N–H and O–H groups in total. The van der Waals surface area contributed by atoms with Gasteiger partial charge in [0.05, 0.1) is 12.2 Å². The first-order valence-corrected chi connectivity index (χ1v) is 13.7. The van der Waals surface area contributed by atoms with Crippen molar-refractivity contribution in [3.05, 3.63) is 77.5 Å². The quantitative estimate of drug-likeness (QED) is 0.246. The first kappa shape index (κ1) is 32.4. The van der Waals surface area contributed by atoms with Crippen LogP contribution in [0.25, 0.3) is 22.4 Å². The van der Waals surface area contributed by atoms with Crippen LogP contribution in [0.5, 0.6) is 0 Å². The minimum absolute atomic E-state index is 0. The number of aliphatic hydroxyl groups excluding tert-OH is 2. The largest absolute Gasteiger partial charge is 0.392 e. The third kappa shape index (κ3) is 6.65. The van der Waals surface area contributed by atoms with Gasteiger partial charge in [-0.15, -0.1) is 29.3 Å². The molecule has 1 radical (unpaired) electrons. The maximum Gasteiger partial charge on any atom is 0.0615 e. The van der Waals surface area contributed by atoms with Gasteiger partial charge in [0.2, 0.25) is 0 Å². The normalized spacial score (nSPS) is 15.3. The molecule has 0 bridgehead atoms. The molecule has 38 heavy (non-hydrogen) atoms. The third-order valence-corrected chi connectivity index (χ3v) is 8.76. The molecule has 0 fully saturated rings. The van der Waals surface area contributed by atoms with E-state index in [1.807, 2.05) is 46.0 Å². The van der Waals surface area contributed by atoms with Crippen molar-refractivity contribution in [1.29, 1.82) is 0 Å². The first-order valence-electron chi connectivity index (χ1n) is 13.7. The molecule has 0 aliphatic heterocycles. The summed E-state index contributed by atoms with van der Waals surface area (Å²) in [6.45, 7) is 19.0. The standard InChI is InChI=1S/C21H18N.C13H28O2.Ir/c1-14-11-12-22-19(13-14)17-9-6-8-16-15-7-4-5-10-18(15)21(2,3)20(16)17;1-7-12(3,4)10(14)9-11(15)13(5,6)8-2;/h4-8,10-13H,1-3H3;10-11,14-15H,7-9H2,1-6H3;/q-1;;. The summed E-state index contributed by atoms with van der Waals surface area (Å²) in [5.41, 5.74) is 8.51. The zero-order valence-electron chi connectivity index (χ0n) is 24.6. The molecule has 2 unspecified atom stereocenters. The molecule has 3 aromatic rings. The van der Waals surface area contributed by atoms with Crippen molar-refractivity contribution in [2.75, 3.05) is 0 Å². The molecular formula is C34H46IrNO2-. The molecule has 0 spiro atoms. The van der Waals surface area contributed by atoms with Crippen molar-refractivity contribution in [3.63, 3.8) is 0 Å². The monoisotopic (exact) mass is 693 g/mol. The van der Waals surface area contributed by atoms with E-state index in [9.17, 15) is 10.2 Å². The van der Waals surface area contributed by atoms with E-state index < -0.39 is 12.2 Å². The van der Waals surface area contributed by atoms with Gasteiger partial charge < -0.3 is 15.2 Å². The molecule has 3 nitrogen and oxygen atoms in total. The van der Waals surface area contributed by atoms with Crippen molar-refractivity contribution in [3.8, 4) is 22.4 Å². The predicted octanol–water partition coefficient (Wildman–Crippen LogP) is 8.13. The Bertz CT molecular complexity index is 1190. The van der Waals surface area contributed by atoms with E-state index in [2.05, 4.69) is 82.1 Å². The van der Waals surface area contributed by atoms with Gasteiger partial charge in [0.15, 0.2) is 0 Å². The van der Waals surface area contributed by atoms with Crippen molar-refractivity contribution in [2.24, 2.45) is 10.8 Å². The SMILES string of the molecule is CCC(C)(C)C(O)CC(O)C(C)(C)CC.Cc1ccnc(-c2[c-]ccc3c2C(C)(C)c2ccccc2-3)c1.[Ir]. The molecule has 4 rings (SSSR count). The van der Waals surface area contributed by atoms with E-state index >= 15 is 0 Å². The average molecular weight is 693 g/mol. The molecule has 209 valence electrons. The van der Waals surface area contributed by atoms with Crippen LogP contribution >= 0.6 is 0 Å². The zero-order chi connectivity index (χ0) is 27.6. The third-order valence-electron chi connectivity index (χ3n) is 8.76. The number of hydrogen-bond acceptors (Lipinski definition) is 3. The van der Waals surface area contributed by atoms with Gasteiger partial charge in [0.25, 0.3) is 0 Å². The number of aromatic nitrogens is 1. The number of pyridine rings is 1. The summed E-state index contributed by atoms with van der Waals surface area (Å²) < 4.78 is 0. The minimum Gasteiger partial charge on any atom is -0.392 e. The van der Waals surface area contributed by atoms with Crippen molar-refractivity contribution >= 4 is 0 Å². The smallest absolute Gasteiger partial charge is 0.0615 e. The van der Waals surface area contributed by atoms with Crippen LogP contribution in [-0.2, 0) is 25.5 Å². The molecule has 1 aliphatic rings. The molecule has 0 amide bonds. The summed E-state index contributed by atoms with van der Waals surface area (Å²) in [4.78, 5) is 4.58. The molecular weight excluding hydrogens is 647 g/mol. The van der Waals surface area contributed by atoms with Crippen LogP contribution in [0.3, 0.4) is 0 Å². The van der Waals surface area contributed by atoms with Gasteiger partial charge in [-0.3, -0.25) is 0 Å². The van der Waals surface area contributed by atoms with Crippen LogP contribution in [0.2, 0.25) is 0 Å². The molecule has 1 heterocycles. The van der Waals surface area contributed by atoms with E-state index in [-0.39, 0.29) is 36.4 Å². The Hall–Kier alpha value is -1.84. The number of aryl methyl sites for hydroxylation is 1. The number of aliphatic hydroxyl groups is 2. The van der Waals surface area contributed by atoms with E-state index in [4.69, 9.17) is 0 Å². The van der Waals surface area contributed by atoms with Crippen LogP contribution in [0, 0.1) is 23.8 Å². The average Bonchev–Trinajstić information content (AvgIpc) is 3.11. The van der Waals surface area contributed by atoms with Crippen molar-refractivity contribution in [1.82, 2.24) is 4.98 Å². The van der Waals surface area contributed by atoms with E-state index in [0.717, 1.165) is 24.1 Å². The topological polar surface area (TPSA) is 53.4 Å². The predicted molar refractivity (Wildman–Crippen MR) is 156 cm³/mol.